The highest BCUT2D eigenvalue weighted by Crippen LogP contribution is 2.49. The van der Waals surface area contributed by atoms with Crippen LogP contribution in [0.4, 0.5) is 10.5 Å². The molecule has 2 amide bonds. The van der Waals surface area contributed by atoms with Crippen LogP contribution in [-0.4, -0.2) is 48.3 Å². The Kier molecular flexibility index (Phi) is 5.61. The third-order valence-corrected chi connectivity index (χ3v) is 7.65. The van der Waals surface area contributed by atoms with Gasteiger partial charge < -0.3 is 20.2 Å². The molecule has 1 saturated carbocycles. The molecule has 0 bridgehead atoms. The first-order chi connectivity index (χ1) is 15.2. The van der Waals surface area contributed by atoms with E-state index in [-0.39, 0.29) is 30.6 Å². The van der Waals surface area contributed by atoms with E-state index in [0.29, 0.717) is 6.04 Å². The van der Waals surface area contributed by atoms with Crippen LogP contribution < -0.4 is 10.2 Å². The SMILES string of the molecule is CN1c2ccc(-c3ccccc3)cc2[C@H]2[C@H](CCN2C(=O)NC2CCCCC2)[C@@H]1CO. The molecule has 2 fully saturated rings. The summed E-state index contributed by atoms with van der Waals surface area (Å²) in [6.45, 7) is 0.850. The van der Waals surface area contributed by atoms with Crippen LogP contribution in [0.25, 0.3) is 11.1 Å². The number of rotatable bonds is 3. The lowest BCUT2D eigenvalue weighted by Gasteiger charge is -2.44. The Balaban J connectivity index is 1.50. The molecule has 2 N–H and O–H groups in total. The second kappa shape index (κ2) is 8.54. The van der Waals surface area contributed by atoms with Crippen molar-refractivity contribution >= 4 is 11.7 Å². The minimum atomic E-state index is 0.00982. The number of hydrogen-bond acceptors (Lipinski definition) is 3. The standard InChI is InChI=1S/C26H33N3O2/c1-28-23-13-12-19(18-8-4-2-5-9-18)16-22(23)25-21(24(28)17-30)14-15-29(25)26(31)27-20-10-6-3-7-11-20/h2,4-5,8-9,12-13,16,20-21,24-25,30H,3,6-7,10-11,14-15,17H2,1H3,(H,27,31)/t21-,24+,25-/m1/s1. The van der Waals surface area contributed by atoms with Crippen molar-refractivity contribution in [3.05, 3.63) is 54.1 Å². The van der Waals surface area contributed by atoms with E-state index >= 15 is 0 Å². The van der Waals surface area contributed by atoms with Gasteiger partial charge in [-0.15, -0.1) is 0 Å². The van der Waals surface area contributed by atoms with E-state index in [1.807, 2.05) is 11.0 Å². The summed E-state index contributed by atoms with van der Waals surface area (Å²) in [5.41, 5.74) is 4.69. The summed E-state index contributed by atoms with van der Waals surface area (Å²) in [6, 6.07) is 17.4. The van der Waals surface area contributed by atoms with Crippen molar-refractivity contribution in [2.24, 2.45) is 5.92 Å². The maximum absolute atomic E-state index is 13.3. The molecule has 0 spiro atoms. The summed E-state index contributed by atoms with van der Waals surface area (Å²) >= 11 is 0. The van der Waals surface area contributed by atoms with Crippen LogP contribution in [0, 0.1) is 5.92 Å². The van der Waals surface area contributed by atoms with Crippen LogP contribution in [0.3, 0.4) is 0 Å². The Morgan fingerprint density at radius 3 is 2.55 bits per heavy atom. The first-order valence-electron chi connectivity index (χ1n) is 11.8. The number of anilines is 1. The molecule has 0 radical (unpaired) electrons. The van der Waals surface area contributed by atoms with E-state index in [1.54, 1.807) is 0 Å². The number of carbonyl (C=O) groups is 1. The number of likely N-dealkylation sites (tertiary alicyclic amines) is 1. The number of amides is 2. The van der Waals surface area contributed by atoms with E-state index in [2.05, 4.69) is 59.7 Å². The van der Waals surface area contributed by atoms with Gasteiger partial charge >= 0.3 is 6.03 Å². The Morgan fingerprint density at radius 2 is 1.81 bits per heavy atom. The number of aliphatic hydroxyl groups is 1. The molecule has 2 heterocycles. The molecule has 31 heavy (non-hydrogen) atoms. The van der Waals surface area contributed by atoms with Crippen molar-refractivity contribution in [3.63, 3.8) is 0 Å². The number of likely N-dealkylation sites (N-methyl/N-ethyl adjacent to an activating group) is 1. The fourth-order valence-corrected chi connectivity index (χ4v) is 6.00. The zero-order valence-corrected chi connectivity index (χ0v) is 18.3. The smallest absolute Gasteiger partial charge is 0.318 e. The molecule has 3 atom stereocenters. The van der Waals surface area contributed by atoms with Crippen molar-refractivity contribution in [1.29, 1.82) is 0 Å². The number of nitrogens with zero attached hydrogens (tertiary/aromatic N) is 2. The first kappa shape index (κ1) is 20.4. The minimum absolute atomic E-state index is 0.00982. The van der Waals surface area contributed by atoms with Gasteiger partial charge in [0.05, 0.1) is 18.7 Å². The van der Waals surface area contributed by atoms with Crippen molar-refractivity contribution in [2.45, 2.75) is 56.7 Å². The highest BCUT2D eigenvalue weighted by Gasteiger charge is 2.47. The maximum atomic E-state index is 13.3. The lowest BCUT2D eigenvalue weighted by Crippen LogP contribution is -2.50. The normalized spacial score (nSPS) is 25.8. The zero-order valence-electron chi connectivity index (χ0n) is 18.3. The molecule has 1 aliphatic carbocycles. The van der Waals surface area contributed by atoms with Crippen LogP contribution in [0.2, 0.25) is 0 Å². The third-order valence-electron chi connectivity index (χ3n) is 7.65. The monoisotopic (exact) mass is 419 g/mol. The molecular formula is C26H33N3O2. The third kappa shape index (κ3) is 3.69. The zero-order chi connectivity index (χ0) is 21.4. The average molecular weight is 420 g/mol. The van der Waals surface area contributed by atoms with Crippen molar-refractivity contribution in [3.8, 4) is 11.1 Å². The van der Waals surface area contributed by atoms with Gasteiger partial charge in [-0.3, -0.25) is 0 Å². The van der Waals surface area contributed by atoms with Crippen LogP contribution in [0.15, 0.2) is 48.5 Å². The number of carbonyl (C=O) groups excluding carboxylic acids is 1. The van der Waals surface area contributed by atoms with Gasteiger partial charge in [0.25, 0.3) is 0 Å². The molecule has 164 valence electrons. The Labute approximate surface area is 185 Å². The van der Waals surface area contributed by atoms with Gasteiger partial charge in [-0.25, -0.2) is 4.79 Å². The summed E-state index contributed by atoms with van der Waals surface area (Å²) in [4.78, 5) is 17.6. The molecule has 5 heteroatoms. The largest absolute Gasteiger partial charge is 0.394 e. The van der Waals surface area contributed by atoms with Crippen LogP contribution in [0.5, 0.6) is 0 Å². The van der Waals surface area contributed by atoms with Crippen molar-refractivity contribution in [1.82, 2.24) is 10.2 Å². The number of nitrogens with one attached hydrogen (secondary N) is 1. The highest BCUT2D eigenvalue weighted by atomic mass is 16.3. The van der Waals surface area contributed by atoms with Crippen LogP contribution in [0.1, 0.15) is 50.1 Å². The second-order valence-electron chi connectivity index (χ2n) is 9.38. The fourth-order valence-electron chi connectivity index (χ4n) is 6.00. The number of hydrogen-bond donors (Lipinski definition) is 2. The number of fused-ring (bicyclic) bond motifs is 3. The predicted octanol–water partition coefficient (Wildman–Crippen LogP) is 4.57. The van der Waals surface area contributed by atoms with Crippen molar-refractivity contribution in [2.75, 3.05) is 25.1 Å². The molecule has 3 aliphatic rings. The van der Waals surface area contributed by atoms with Gasteiger partial charge in [-0.1, -0.05) is 55.7 Å². The molecule has 0 unspecified atom stereocenters. The topological polar surface area (TPSA) is 55.8 Å². The van der Waals surface area contributed by atoms with Crippen molar-refractivity contribution < 1.29 is 9.90 Å². The molecule has 2 aliphatic heterocycles. The molecule has 2 aromatic rings. The van der Waals surface area contributed by atoms with Gasteiger partial charge in [0, 0.05) is 31.2 Å². The quantitative estimate of drug-likeness (QED) is 0.766. The highest BCUT2D eigenvalue weighted by molar-refractivity contribution is 5.78. The fraction of sp³-hybridized carbons (Fsp3) is 0.500. The average Bonchev–Trinajstić information content (AvgIpc) is 3.26. The minimum Gasteiger partial charge on any atom is -0.394 e. The molecule has 2 aromatic carbocycles. The van der Waals surface area contributed by atoms with Crippen LogP contribution in [-0.2, 0) is 0 Å². The van der Waals surface area contributed by atoms with Gasteiger partial charge in [0.1, 0.15) is 0 Å². The van der Waals surface area contributed by atoms with Crippen LogP contribution >= 0.6 is 0 Å². The van der Waals surface area contributed by atoms with Gasteiger partial charge in [0.15, 0.2) is 0 Å². The summed E-state index contributed by atoms with van der Waals surface area (Å²) < 4.78 is 0. The molecule has 0 aromatic heterocycles. The molecule has 5 rings (SSSR count). The van der Waals surface area contributed by atoms with E-state index in [0.717, 1.165) is 31.5 Å². The summed E-state index contributed by atoms with van der Waals surface area (Å²) in [5, 5.41) is 13.5. The number of benzene rings is 2. The molecule has 1 saturated heterocycles. The molecule has 5 nitrogen and oxygen atoms in total. The molecular weight excluding hydrogens is 386 g/mol. The van der Waals surface area contributed by atoms with Gasteiger partial charge in [-0.05, 0) is 48.1 Å². The predicted molar refractivity (Wildman–Crippen MR) is 124 cm³/mol. The maximum Gasteiger partial charge on any atom is 0.318 e. The number of urea groups is 1. The number of aliphatic hydroxyl groups excluding tert-OH is 1. The van der Waals surface area contributed by atoms with Gasteiger partial charge in [-0.2, -0.15) is 0 Å². The Hall–Kier alpha value is -2.53. The second-order valence-corrected chi connectivity index (χ2v) is 9.38. The van der Waals surface area contributed by atoms with E-state index in [1.165, 1.54) is 36.0 Å². The first-order valence-corrected chi connectivity index (χ1v) is 11.8. The summed E-state index contributed by atoms with van der Waals surface area (Å²) in [7, 11) is 2.07. The summed E-state index contributed by atoms with van der Waals surface area (Å²) in [6.07, 6.45) is 6.79. The van der Waals surface area contributed by atoms with E-state index in [4.69, 9.17) is 0 Å². The van der Waals surface area contributed by atoms with E-state index in [9.17, 15) is 9.90 Å². The van der Waals surface area contributed by atoms with Gasteiger partial charge in [0.2, 0.25) is 0 Å². The summed E-state index contributed by atoms with van der Waals surface area (Å²) in [5.74, 6) is 0.241. The van der Waals surface area contributed by atoms with E-state index < -0.39 is 0 Å². The lowest BCUT2D eigenvalue weighted by molar-refractivity contribution is 0.156. The Morgan fingerprint density at radius 1 is 1.03 bits per heavy atom. The lowest BCUT2D eigenvalue weighted by atomic mass is 9.81. The Bertz CT molecular complexity index is 926.